The Hall–Kier alpha value is -1.27. The predicted octanol–water partition coefficient (Wildman–Crippen LogP) is 2.00. The second-order valence-corrected chi connectivity index (χ2v) is 4.09. The first-order valence-corrected chi connectivity index (χ1v) is 6.22. The van der Waals surface area contributed by atoms with Crippen LogP contribution in [0.4, 0.5) is 18.9 Å². The van der Waals surface area contributed by atoms with E-state index in [1.165, 1.54) is 11.0 Å². The number of anilines is 1. The first kappa shape index (κ1) is 15.8. The molecule has 0 aliphatic rings. The number of benzene rings is 1. The number of aliphatic hydroxyl groups is 1. The van der Waals surface area contributed by atoms with E-state index in [9.17, 15) is 13.2 Å². The van der Waals surface area contributed by atoms with Crippen LogP contribution in [0.3, 0.4) is 0 Å². The van der Waals surface area contributed by atoms with Gasteiger partial charge in [-0.05, 0) is 18.2 Å². The minimum atomic E-state index is -2.59. The summed E-state index contributed by atoms with van der Waals surface area (Å²) in [5, 5.41) is 12.0. The van der Waals surface area contributed by atoms with Crippen molar-refractivity contribution in [3.63, 3.8) is 0 Å². The van der Waals surface area contributed by atoms with E-state index in [1.807, 2.05) is 6.92 Å². The maximum Gasteiger partial charge on any atom is 0.255 e. The summed E-state index contributed by atoms with van der Waals surface area (Å²) in [6.45, 7) is 2.08. The highest BCUT2D eigenvalue weighted by Gasteiger charge is 2.19. The summed E-state index contributed by atoms with van der Waals surface area (Å²) in [5.41, 5.74) is 0.744. The SMILES string of the molecule is CCNCc1cccc(F)c1N(CCO)CC(F)F. The lowest BCUT2D eigenvalue weighted by molar-refractivity contribution is 0.152. The second-order valence-electron chi connectivity index (χ2n) is 4.09. The van der Waals surface area contributed by atoms with Gasteiger partial charge in [0.15, 0.2) is 0 Å². The van der Waals surface area contributed by atoms with Crippen molar-refractivity contribution in [3.8, 4) is 0 Å². The van der Waals surface area contributed by atoms with Crippen molar-refractivity contribution in [1.82, 2.24) is 5.32 Å². The number of halogens is 3. The number of alkyl halides is 2. The van der Waals surface area contributed by atoms with Gasteiger partial charge in [-0.3, -0.25) is 0 Å². The zero-order valence-electron chi connectivity index (χ0n) is 10.9. The summed E-state index contributed by atoms with van der Waals surface area (Å²) < 4.78 is 39.0. The van der Waals surface area contributed by atoms with Gasteiger partial charge >= 0.3 is 0 Å². The van der Waals surface area contributed by atoms with Crippen LogP contribution in [0.25, 0.3) is 0 Å². The topological polar surface area (TPSA) is 35.5 Å². The number of nitrogens with one attached hydrogen (secondary N) is 1. The van der Waals surface area contributed by atoms with Crippen molar-refractivity contribution in [2.75, 3.05) is 31.1 Å². The Balaban J connectivity index is 3.04. The molecule has 0 radical (unpaired) electrons. The van der Waals surface area contributed by atoms with E-state index in [0.29, 0.717) is 18.7 Å². The van der Waals surface area contributed by atoms with Crippen LogP contribution in [0.15, 0.2) is 18.2 Å². The van der Waals surface area contributed by atoms with Crippen LogP contribution in [0.2, 0.25) is 0 Å². The van der Waals surface area contributed by atoms with Gasteiger partial charge in [0.25, 0.3) is 6.43 Å². The van der Waals surface area contributed by atoms with E-state index in [4.69, 9.17) is 5.11 Å². The van der Waals surface area contributed by atoms with Crippen molar-refractivity contribution in [2.24, 2.45) is 0 Å². The molecule has 1 rings (SSSR count). The first-order chi connectivity index (χ1) is 9.10. The molecule has 0 saturated heterocycles. The van der Waals surface area contributed by atoms with Crippen LogP contribution < -0.4 is 10.2 Å². The molecule has 0 amide bonds. The normalized spacial score (nSPS) is 11.1. The van der Waals surface area contributed by atoms with Crippen LogP contribution in [-0.2, 0) is 6.54 Å². The van der Waals surface area contributed by atoms with Crippen LogP contribution in [0, 0.1) is 5.82 Å². The first-order valence-electron chi connectivity index (χ1n) is 6.22. The summed E-state index contributed by atoms with van der Waals surface area (Å²) in [6.07, 6.45) is -2.59. The molecule has 0 aliphatic carbocycles. The Morgan fingerprint density at radius 1 is 1.37 bits per heavy atom. The highest BCUT2D eigenvalue weighted by molar-refractivity contribution is 5.55. The monoisotopic (exact) mass is 276 g/mol. The molecule has 0 fully saturated rings. The lowest BCUT2D eigenvalue weighted by atomic mass is 10.1. The van der Waals surface area contributed by atoms with E-state index in [2.05, 4.69) is 5.32 Å². The Kier molecular flexibility index (Phi) is 6.66. The Morgan fingerprint density at radius 2 is 2.11 bits per heavy atom. The fourth-order valence-corrected chi connectivity index (χ4v) is 1.90. The van der Waals surface area contributed by atoms with Crippen LogP contribution >= 0.6 is 0 Å². The van der Waals surface area contributed by atoms with Crippen LogP contribution in [0.1, 0.15) is 12.5 Å². The maximum atomic E-state index is 13.9. The Labute approximate surface area is 111 Å². The molecule has 0 aromatic heterocycles. The molecule has 0 atom stereocenters. The molecule has 0 bridgehead atoms. The van der Waals surface area contributed by atoms with Crippen molar-refractivity contribution < 1.29 is 18.3 Å². The van der Waals surface area contributed by atoms with E-state index in [-0.39, 0.29) is 18.8 Å². The number of hydrogen-bond acceptors (Lipinski definition) is 3. The average molecular weight is 276 g/mol. The quantitative estimate of drug-likeness (QED) is 0.762. The molecule has 1 aromatic carbocycles. The van der Waals surface area contributed by atoms with Gasteiger partial charge in [0.1, 0.15) is 5.82 Å². The zero-order valence-corrected chi connectivity index (χ0v) is 10.9. The van der Waals surface area contributed by atoms with Gasteiger partial charge in [0, 0.05) is 13.1 Å². The van der Waals surface area contributed by atoms with Gasteiger partial charge < -0.3 is 15.3 Å². The van der Waals surface area contributed by atoms with Crippen molar-refractivity contribution in [3.05, 3.63) is 29.6 Å². The van der Waals surface area contributed by atoms with Crippen LogP contribution in [0.5, 0.6) is 0 Å². The Bertz CT molecular complexity index is 388. The van der Waals surface area contributed by atoms with Gasteiger partial charge in [0.2, 0.25) is 0 Å². The third kappa shape index (κ3) is 4.72. The summed E-state index contributed by atoms with van der Waals surface area (Å²) in [6, 6.07) is 4.47. The van der Waals surface area contributed by atoms with Gasteiger partial charge in [-0.25, -0.2) is 13.2 Å². The molecule has 2 N–H and O–H groups in total. The highest BCUT2D eigenvalue weighted by Crippen LogP contribution is 2.25. The molecule has 0 heterocycles. The number of aliphatic hydroxyl groups excluding tert-OH is 1. The van der Waals surface area contributed by atoms with Gasteiger partial charge in [-0.15, -0.1) is 0 Å². The van der Waals surface area contributed by atoms with E-state index < -0.39 is 18.8 Å². The van der Waals surface area contributed by atoms with Crippen molar-refractivity contribution in [2.45, 2.75) is 19.9 Å². The largest absolute Gasteiger partial charge is 0.395 e. The fourth-order valence-electron chi connectivity index (χ4n) is 1.90. The standard InChI is InChI=1S/C13H19F3N2O/c1-2-17-8-10-4-3-5-11(14)13(10)18(6-7-19)9-12(15)16/h3-5,12,17,19H,2,6-9H2,1H3. The maximum absolute atomic E-state index is 13.9. The van der Waals surface area contributed by atoms with Gasteiger partial charge in [-0.1, -0.05) is 19.1 Å². The fraction of sp³-hybridized carbons (Fsp3) is 0.538. The molecule has 0 unspecified atom stereocenters. The van der Waals surface area contributed by atoms with Crippen molar-refractivity contribution in [1.29, 1.82) is 0 Å². The summed E-state index contributed by atoms with van der Waals surface area (Å²) >= 11 is 0. The van der Waals surface area contributed by atoms with Gasteiger partial charge in [-0.2, -0.15) is 0 Å². The molecular weight excluding hydrogens is 257 g/mol. The van der Waals surface area contributed by atoms with Crippen LogP contribution in [-0.4, -0.2) is 37.8 Å². The molecule has 6 heteroatoms. The molecule has 0 aliphatic heterocycles. The number of nitrogens with zero attached hydrogens (tertiary/aromatic N) is 1. The molecule has 0 saturated carbocycles. The summed E-state index contributed by atoms with van der Waals surface area (Å²) in [4.78, 5) is 1.19. The average Bonchev–Trinajstić information content (AvgIpc) is 2.35. The molecule has 108 valence electrons. The lowest BCUT2D eigenvalue weighted by Gasteiger charge is -2.26. The summed E-state index contributed by atoms with van der Waals surface area (Å²) in [5.74, 6) is -0.551. The third-order valence-electron chi connectivity index (χ3n) is 2.68. The number of hydrogen-bond donors (Lipinski definition) is 2. The molecule has 1 aromatic rings. The summed E-state index contributed by atoms with van der Waals surface area (Å²) in [7, 11) is 0. The van der Waals surface area contributed by atoms with E-state index >= 15 is 0 Å². The smallest absolute Gasteiger partial charge is 0.255 e. The molecule has 19 heavy (non-hydrogen) atoms. The van der Waals surface area contributed by atoms with Crippen molar-refractivity contribution >= 4 is 5.69 Å². The number of para-hydroxylation sites is 1. The van der Waals surface area contributed by atoms with E-state index in [0.717, 1.165) is 0 Å². The minimum Gasteiger partial charge on any atom is -0.395 e. The Morgan fingerprint density at radius 3 is 2.68 bits per heavy atom. The molecule has 3 nitrogen and oxygen atoms in total. The molecular formula is C13H19F3N2O. The molecule has 0 spiro atoms. The second kappa shape index (κ2) is 8.01. The minimum absolute atomic E-state index is 0.0234. The third-order valence-corrected chi connectivity index (χ3v) is 2.68. The predicted molar refractivity (Wildman–Crippen MR) is 69.1 cm³/mol. The van der Waals surface area contributed by atoms with E-state index in [1.54, 1.807) is 12.1 Å². The zero-order chi connectivity index (χ0) is 14.3. The van der Waals surface area contributed by atoms with Gasteiger partial charge in [0.05, 0.1) is 18.8 Å². The highest BCUT2D eigenvalue weighted by atomic mass is 19.3. The number of rotatable bonds is 8. The lowest BCUT2D eigenvalue weighted by Crippen LogP contribution is -2.33.